The van der Waals surface area contributed by atoms with Crippen molar-refractivity contribution in [2.45, 2.75) is 60.1 Å². The molecule has 0 aliphatic carbocycles. The molecular weight excluding hydrogens is 222 g/mol. The molecule has 1 aromatic rings. The lowest BCUT2D eigenvalue weighted by molar-refractivity contribution is 0.167. The maximum atomic E-state index is 6.15. The summed E-state index contributed by atoms with van der Waals surface area (Å²) in [6.07, 6.45) is 1.27. The van der Waals surface area contributed by atoms with Crippen molar-refractivity contribution < 1.29 is 4.74 Å². The van der Waals surface area contributed by atoms with Gasteiger partial charge in [-0.2, -0.15) is 0 Å². The van der Waals surface area contributed by atoms with Crippen LogP contribution >= 0.6 is 0 Å². The Morgan fingerprint density at radius 3 is 2.39 bits per heavy atom. The van der Waals surface area contributed by atoms with E-state index in [1.165, 1.54) is 16.7 Å². The molecule has 0 fully saturated rings. The second-order valence-corrected chi connectivity index (χ2v) is 5.10. The molecule has 0 saturated carbocycles. The predicted octanol–water partition coefficient (Wildman–Crippen LogP) is 3.77. The summed E-state index contributed by atoms with van der Waals surface area (Å²) < 4.78 is 6.15. The predicted molar refractivity (Wildman–Crippen MR) is 78.5 cm³/mol. The summed E-state index contributed by atoms with van der Waals surface area (Å²) in [6.45, 7) is 13.9. The smallest absolute Gasteiger partial charge is 0.123 e. The summed E-state index contributed by atoms with van der Waals surface area (Å²) in [7, 11) is 0. The highest BCUT2D eigenvalue weighted by Crippen LogP contribution is 2.25. The molecule has 2 unspecified atom stereocenters. The lowest BCUT2D eigenvalue weighted by atomic mass is 10.1. The minimum atomic E-state index is 0.190. The first-order valence-electron chi connectivity index (χ1n) is 6.97. The molecule has 0 spiro atoms. The van der Waals surface area contributed by atoms with Crippen molar-refractivity contribution in [1.82, 2.24) is 5.32 Å². The van der Waals surface area contributed by atoms with Crippen LogP contribution in [0.15, 0.2) is 12.1 Å². The molecule has 0 aromatic heterocycles. The van der Waals surface area contributed by atoms with Crippen LogP contribution in [0.25, 0.3) is 0 Å². The number of rotatable bonds is 6. The van der Waals surface area contributed by atoms with Crippen molar-refractivity contribution in [2.24, 2.45) is 0 Å². The van der Waals surface area contributed by atoms with Crippen LogP contribution < -0.4 is 10.1 Å². The van der Waals surface area contributed by atoms with Gasteiger partial charge in [0.1, 0.15) is 11.9 Å². The zero-order valence-corrected chi connectivity index (χ0v) is 12.6. The fourth-order valence-electron chi connectivity index (χ4n) is 2.31. The van der Waals surface area contributed by atoms with Crippen LogP contribution in [0.4, 0.5) is 0 Å². The fraction of sp³-hybridized carbons (Fsp3) is 0.625. The number of aryl methyl sites for hydroxylation is 2. The highest BCUT2D eigenvalue weighted by molar-refractivity contribution is 5.42. The largest absolute Gasteiger partial charge is 0.489 e. The van der Waals surface area contributed by atoms with Gasteiger partial charge in [-0.1, -0.05) is 19.9 Å². The molecule has 0 bridgehead atoms. The Hall–Kier alpha value is -1.02. The molecule has 18 heavy (non-hydrogen) atoms. The van der Waals surface area contributed by atoms with Gasteiger partial charge in [0.2, 0.25) is 0 Å². The van der Waals surface area contributed by atoms with Crippen molar-refractivity contribution in [3.05, 3.63) is 28.8 Å². The van der Waals surface area contributed by atoms with Crippen LogP contribution in [-0.4, -0.2) is 18.7 Å². The first kappa shape index (κ1) is 15.0. The van der Waals surface area contributed by atoms with Gasteiger partial charge in [0.05, 0.1) is 0 Å². The van der Waals surface area contributed by atoms with E-state index in [1.807, 2.05) is 0 Å². The Balaban J connectivity index is 2.83. The van der Waals surface area contributed by atoms with Crippen LogP contribution in [0.3, 0.4) is 0 Å². The lowest BCUT2D eigenvalue weighted by Gasteiger charge is -2.26. The number of hydrogen-bond acceptors (Lipinski definition) is 2. The Kier molecular flexibility index (Phi) is 5.67. The molecular formula is C16H27NO. The van der Waals surface area contributed by atoms with E-state index >= 15 is 0 Å². The topological polar surface area (TPSA) is 21.3 Å². The highest BCUT2D eigenvalue weighted by Gasteiger charge is 2.17. The van der Waals surface area contributed by atoms with Gasteiger partial charge in [-0.15, -0.1) is 0 Å². The molecule has 0 aliphatic rings. The average Bonchev–Trinajstić information content (AvgIpc) is 2.32. The van der Waals surface area contributed by atoms with E-state index in [1.54, 1.807) is 0 Å². The van der Waals surface area contributed by atoms with E-state index in [4.69, 9.17) is 4.74 Å². The number of nitrogens with one attached hydrogen (secondary N) is 1. The number of benzene rings is 1. The average molecular weight is 249 g/mol. The van der Waals surface area contributed by atoms with Gasteiger partial charge >= 0.3 is 0 Å². The highest BCUT2D eigenvalue weighted by atomic mass is 16.5. The standard InChI is InChI=1S/C16H27NO/c1-7-15(17-8-2)14(6)18-16-10-11(3)9-12(4)13(16)5/h9-10,14-15,17H,7-8H2,1-6H3. The zero-order valence-electron chi connectivity index (χ0n) is 12.6. The summed E-state index contributed by atoms with van der Waals surface area (Å²) in [4.78, 5) is 0. The Morgan fingerprint density at radius 1 is 1.17 bits per heavy atom. The SMILES string of the molecule is CCNC(CC)C(C)Oc1cc(C)cc(C)c1C. The quantitative estimate of drug-likeness (QED) is 0.828. The summed E-state index contributed by atoms with van der Waals surface area (Å²) in [5.41, 5.74) is 3.81. The minimum Gasteiger partial charge on any atom is -0.489 e. The molecule has 0 aliphatic heterocycles. The van der Waals surface area contributed by atoms with Crippen molar-refractivity contribution in [2.75, 3.05) is 6.54 Å². The van der Waals surface area contributed by atoms with E-state index in [0.717, 1.165) is 18.7 Å². The summed E-state index contributed by atoms with van der Waals surface area (Å²) in [5, 5.41) is 3.48. The number of likely N-dealkylation sites (N-methyl/N-ethyl adjacent to an activating group) is 1. The molecule has 0 saturated heterocycles. The maximum Gasteiger partial charge on any atom is 0.123 e. The second-order valence-electron chi connectivity index (χ2n) is 5.10. The molecule has 0 heterocycles. The van der Waals surface area contributed by atoms with Gasteiger partial charge < -0.3 is 10.1 Å². The van der Waals surface area contributed by atoms with Gasteiger partial charge in [0, 0.05) is 6.04 Å². The monoisotopic (exact) mass is 249 g/mol. The summed E-state index contributed by atoms with van der Waals surface area (Å²) in [6, 6.07) is 4.75. The van der Waals surface area contributed by atoms with Crippen molar-refractivity contribution in [1.29, 1.82) is 0 Å². The third kappa shape index (κ3) is 3.74. The van der Waals surface area contributed by atoms with Gasteiger partial charge in [-0.25, -0.2) is 0 Å². The van der Waals surface area contributed by atoms with E-state index < -0.39 is 0 Å². The molecule has 1 aromatic carbocycles. The molecule has 2 atom stereocenters. The summed E-state index contributed by atoms with van der Waals surface area (Å²) in [5.74, 6) is 1.02. The minimum absolute atomic E-state index is 0.190. The molecule has 2 nitrogen and oxygen atoms in total. The first-order chi connectivity index (χ1) is 8.49. The Labute approximate surface area is 112 Å². The van der Waals surface area contributed by atoms with Gasteiger partial charge in [-0.3, -0.25) is 0 Å². The van der Waals surface area contributed by atoms with Crippen molar-refractivity contribution in [3.8, 4) is 5.75 Å². The van der Waals surface area contributed by atoms with Crippen LogP contribution in [0.5, 0.6) is 5.75 Å². The van der Waals surface area contributed by atoms with Gasteiger partial charge in [0.15, 0.2) is 0 Å². The van der Waals surface area contributed by atoms with E-state index in [2.05, 4.69) is 59.0 Å². The number of ether oxygens (including phenoxy) is 1. The van der Waals surface area contributed by atoms with E-state index in [-0.39, 0.29) is 6.10 Å². The number of hydrogen-bond donors (Lipinski definition) is 1. The van der Waals surface area contributed by atoms with E-state index in [9.17, 15) is 0 Å². The van der Waals surface area contributed by atoms with Crippen molar-refractivity contribution in [3.63, 3.8) is 0 Å². The van der Waals surface area contributed by atoms with E-state index in [0.29, 0.717) is 6.04 Å². The Morgan fingerprint density at radius 2 is 1.83 bits per heavy atom. The Bertz CT molecular complexity index is 387. The summed E-state index contributed by atoms with van der Waals surface area (Å²) >= 11 is 0. The first-order valence-corrected chi connectivity index (χ1v) is 6.97. The van der Waals surface area contributed by atoms with Crippen LogP contribution in [0, 0.1) is 20.8 Å². The molecule has 2 heteroatoms. The third-order valence-electron chi connectivity index (χ3n) is 3.55. The fourth-order valence-corrected chi connectivity index (χ4v) is 2.31. The van der Waals surface area contributed by atoms with Gasteiger partial charge in [-0.05, 0) is 63.4 Å². The molecule has 0 amide bonds. The zero-order chi connectivity index (χ0) is 13.7. The van der Waals surface area contributed by atoms with Crippen LogP contribution in [0.2, 0.25) is 0 Å². The maximum absolute atomic E-state index is 6.15. The molecule has 102 valence electrons. The van der Waals surface area contributed by atoms with Crippen molar-refractivity contribution >= 4 is 0 Å². The van der Waals surface area contributed by atoms with Gasteiger partial charge in [0.25, 0.3) is 0 Å². The molecule has 1 N–H and O–H groups in total. The lowest BCUT2D eigenvalue weighted by Crippen LogP contribution is -2.40. The van der Waals surface area contributed by atoms with Crippen LogP contribution in [-0.2, 0) is 0 Å². The second kappa shape index (κ2) is 6.79. The third-order valence-corrected chi connectivity index (χ3v) is 3.55. The molecule has 0 radical (unpaired) electrons. The normalized spacial score (nSPS) is 14.3. The molecule has 1 rings (SSSR count). The van der Waals surface area contributed by atoms with Crippen LogP contribution in [0.1, 0.15) is 43.9 Å².